The molecule has 164 valence electrons. The van der Waals surface area contributed by atoms with Crippen molar-refractivity contribution in [3.8, 4) is 22.8 Å². The van der Waals surface area contributed by atoms with Crippen LogP contribution in [0.15, 0.2) is 90.0 Å². The lowest BCUT2D eigenvalue weighted by atomic mass is 10.1. The number of hydrogen-bond donors (Lipinski definition) is 1. The summed E-state index contributed by atoms with van der Waals surface area (Å²) < 4.78 is 23.5. The molecule has 3 heterocycles. The Morgan fingerprint density at radius 1 is 1.12 bits per heavy atom. The SMILES string of the molecule is Cc1ccc(-c2nn(-c3ccccc3)cc2C(=O)NCc2ccc(-n3ccnc3)c(F)c2)o1. The van der Waals surface area contributed by atoms with Crippen LogP contribution in [0.4, 0.5) is 4.39 Å². The van der Waals surface area contributed by atoms with Crippen LogP contribution in [0, 0.1) is 12.7 Å². The highest BCUT2D eigenvalue weighted by molar-refractivity contribution is 5.99. The van der Waals surface area contributed by atoms with E-state index in [1.807, 2.05) is 43.3 Å². The number of imidazole rings is 1. The number of amides is 1. The first kappa shape index (κ1) is 20.4. The number of nitrogens with zero attached hydrogens (tertiary/aromatic N) is 4. The van der Waals surface area contributed by atoms with E-state index >= 15 is 0 Å². The number of halogens is 1. The average Bonchev–Trinajstić information content (AvgIpc) is 3.59. The number of rotatable bonds is 6. The highest BCUT2D eigenvalue weighted by atomic mass is 19.1. The maximum atomic E-state index is 14.6. The van der Waals surface area contributed by atoms with E-state index in [9.17, 15) is 9.18 Å². The number of para-hydroxylation sites is 1. The molecular formula is C25H20FN5O2. The Kier molecular flexibility index (Phi) is 5.32. The number of furan rings is 1. The van der Waals surface area contributed by atoms with Crippen molar-refractivity contribution in [3.63, 3.8) is 0 Å². The third-order valence-corrected chi connectivity index (χ3v) is 5.20. The van der Waals surface area contributed by atoms with Crippen LogP contribution in [-0.4, -0.2) is 25.2 Å². The molecule has 5 rings (SSSR count). The van der Waals surface area contributed by atoms with E-state index in [1.165, 1.54) is 12.4 Å². The summed E-state index contributed by atoms with van der Waals surface area (Å²) in [4.78, 5) is 17.0. The zero-order valence-corrected chi connectivity index (χ0v) is 17.8. The zero-order valence-electron chi connectivity index (χ0n) is 17.8. The van der Waals surface area contributed by atoms with E-state index in [2.05, 4.69) is 15.4 Å². The van der Waals surface area contributed by atoms with Gasteiger partial charge in [0.2, 0.25) is 0 Å². The van der Waals surface area contributed by atoms with Crippen LogP contribution in [0.3, 0.4) is 0 Å². The molecule has 7 nitrogen and oxygen atoms in total. The smallest absolute Gasteiger partial charge is 0.255 e. The Bertz CT molecular complexity index is 1400. The molecule has 0 spiro atoms. The van der Waals surface area contributed by atoms with Crippen molar-refractivity contribution in [2.45, 2.75) is 13.5 Å². The van der Waals surface area contributed by atoms with Crippen molar-refractivity contribution in [2.24, 2.45) is 0 Å². The van der Waals surface area contributed by atoms with Gasteiger partial charge in [-0.3, -0.25) is 4.79 Å². The van der Waals surface area contributed by atoms with Crippen molar-refractivity contribution in [3.05, 3.63) is 108 Å². The molecule has 0 bridgehead atoms. The van der Waals surface area contributed by atoms with Gasteiger partial charge in [0, 0.05) is 25.1 Å². The van der Waals surface area contributed by atoms with E-state index in [0.29, 0.717) is 28.3 Å². The van der Waals surface area contributed by atoms with E-state index in [1.54, 1.807) is 46.0 Å². The first-order valence-corrected chi connectivity index (χ1v) is 10.4. The molecule has 0 atom stereocenters. The van der Waals surface area contributed by atoms with Gasteiger partial charge in [-0.25, -0.2) is 14.1 Å². The molecule has 0 aliphatic heterocycles. The molecule has 1 N–H and O–H groups in total. The van der Waals surface area contributed by atoms with Crippen LogP contribution >= 0.6 is 0 Å². The fraction of sp³-hybridized carbons (Fsp3) is 0.0800. The Hall–Kier alpha value is -4.46. The number of nitrogens with one attached hydrogen (secondary N) is 1. The Balaban J connectivity index is 1.40. The second-order valence-electron chi connectivity index (χ2n) is 7.52. The van der Waals surface area contributed by atoms with Crippen LogP contribution in [0.2, 0.25) is 0 Å². The van der Waals surface area contributed by atoms with Crippen LogP contribution in [-0.2, 0) is 6.54 Å². The van der Waals surface area contributed by atoms with Crippen molar-refractivity contribution >= 4 is 5.91 Å². The van der Waals surface area contributed by atoms with E-state index in [0.717, 1.165) is 11.4 Å². The van der Waals surface area contributed by atoms with Gasteiger partial charge in [-0.2, -0.15) is 5.10 Å². The number of carbonyl (C=O) groups is 1. The second kappa shape index (κ2) is 8.58. The number of carbonyl (C=O) groups excluding carboxylic acids is 1. The maximum Gasteiger partial charge on any atom is 0.255 e. The van der Waals surface area contributed by atoms with Gasteiger partial charge in [0.05, 0.1) is 23.3 Å². The molecule has 0 fully saturated rings. The minimum Gasteiger partial charge on any atom is -0.460 e. The van der Waals surface area contributed by atoms with Crippen molar-refractivity contribution in [1.29, 1.82) is 0 Å². The lowest BCUT2D eigenvalue weighted by Crippen LogP contribution is -2.23. The third kappa shape index (κ3) is 4.18. The molecule has 33 heavy (non-hydrogen) atoms. The molecule has 0 saturated heterocycles. The lowest BCUT2D eigenvalue weighted by molar-refractivity contribution is 0.0951. The van der Waals surface area contributed by atoms with Crippen molar-refractivity contribution in [2.75, 3.05) is 0 Å². The fourth-order valence-corrected chi connectivity index (χ4v) is 3.55. The summed E-state index contributed by atoms with van der Waals surface area (Å²) in [6, 6.07) is 17.9. The highest BCUT2D eigenvalue weighted by Crippen LogP contribution is 2.26. The molecule has 0 radical (unpaired) electrons. The first-order chi connectivity index (χ1) is 16.1. The Labute approximate surface area is 189 Å². The van der Waals surface area contributed by atoms with Gasteiger partial charge in [-0.05, 0) is 48.9 Å². The highest BCUT2D eigenvalue weighted by Gasteiger charge is 2.21. The average molecular weight is 441 g/mol. The lowest BCUT2D eigenvalue weighted by Gasteiger charge is -2.08. The molecule has 0 unspecified atom stereocenters. The molecular weight excluding hydrogens is 421 g/mol. The second-order valence-corrected chi connectivity index (χ2v) is 7.52. The Morgan fingerprint density at radius 2 is 1.97 bits per heavy atom. The summed E-state index contributed by atoms with van der Waals surface area (Å²) in [5.41, 5.74) is 2.64. The number of benzene rings is 2. The number of aromatic nitrogens is 4. The van der Waals surface area contributed by atoms with Gasteiger partial charge in [-0.1, -0.05) is 24.3 Å². The standard InChI is InChI=1S/C25H20FN5O2/c1-17-7-10-23(33-17)24-20(15-31(29-24)19-5-3-2-4-6-19)25(32)28-14-18-8-9-22(21(26)13-18)30-12-11-27-16-30/h2-13,15-16H,14H2,1H3,(H,28,32). The van der Waals surface area contributed by atoms with Crippen molar-refractivity contribution < 1.29 is 13.6 Å². The summed E-state index contributed by atoms with van der Waals surface area (Å²) in [7, 11) is 0. The minimum absolute atomic E-state index is 0.160. The van der Waals surface area contributed by atoms with Crippen LogP contribution < -0.4 is 5.32 Å². The molecule has 0 saturated carbocycles. The van der Waals surface area contributed by atoms with Gasteiger partial charge in [0.15, 0.2) is 5.76 Å². The predicted octanol–water partition coefficient (Wildman–Crippen LogP) is 4.70. The van der Waals surface area contributed by atoms with Gasteiger partial charge in [0.1, 0.15) is 17.3 Å². The largest absolute Gasteiger partial charge is 0.460 e. The molecule has 8 heteroatoms. The zero-order chi connectivity index (χ0) is 22.8. The summed E-state index contributed by atoms with van der Waals surface area (Å²) in [5, 5.41) is 7.45. The van der Waals surface area contributed by atoms with Gasteiger partial charge < -0.3 is 14.3 Å². The van der Waals surface area contributed by atoms with Crippen molar-refractivity contribution in [1.82, 2.24) is 24.6 Å². The normalized spacial score (nSPS) is 11.0. The van der Waals surface area contributed by atoms with Gasteiger partial charge >= 0.3 is 0 Å². The summed E-state index contributed by atoms with van der Waals surface area (Å²) in [5.74, 6) is 0.492. The molecule has 0 aliphatic rings. The van der Waals surface area contributed by atoms with Gasteiger partial charge in [-0.15, -0.1) is 0 Å². The summed E-state index contributed by atoms with van der Waals surface area (Å²) in [6.45, 7) is 1.99. The first-order valence-electron chi connectivity index (χ1n) is 10.4. The predicted molar refractivity (Wildman–Crippen MR) is 121 cm³/mol. The monoisotopic (exact) mass is 441 g/mol. The Morgan fingerprint density at radius 3 is 2.67 bits per heavy atom. The minimum atomic E-state index is -0.400. The molecule has 0 aliphatic carbocycles. The van der Waals surface area contributed by atoms with Crippen LogP contribution in [0.5, 0.6) is 0 Å². The summed E-state index contributed by atoms with van der Waals surface area (Å²) in [6.07, 6.45) is 6.45. The third-order valence-electron chi connectivity index (χ3n) is 5.20. The quantitative estimate of drug-likeness (QED) is 0.415. The van der Waals surface area contributed by atoms with E-state index < -0.39 is 5.82 Å². The molecule has 1 amide bonds. The van der Waals surface area contributed by atoms with Crippen LogP contribution in [0.1, 0.15) is 21.7 Å². The molecule has 2 aromatic carbocycles. The fourth-order valence-electron chi connectivity index (χ4n) is 3.55. The van der Waals surface area contributed by atoms with Crippen LogP contribution in [0.25, 0.3) is 22.8 Å². The maximum absolute atomic E-state index is 14.6. The number of aryl methyl sites for hydroxylation is 1. The molecule has 3 aromatic heterocycles. The molecule has 5 aromatic rings. The number of hydrogen-bond acceptors (Lipinski definition) is 4. The van der Waals surface area contributed by atoms with E-state index in [-0.39, 0.29) is 12.5 Å². The van der Waals surface area contributed by atoms with Gasteiger partial charge in [0.25, 0.3) is 5.91 Å². The topological polar surface area (TPSA) is 77.9 Å². The van der Waals surface area contributed by atoms with E-state index in [4.69, 9.17) is 4.42 Å². The summed E-state index contributed by atoms with van der Waals surface area (Å²) >= 11 is 0.